The molecule has 2 aromatic rings. The molecule has 7 heteroatoms. The van der Waals surface area contributed by atoms with Crippen LogP contribution in [0.1, 0.15) is 5.56 Å². The molecule has 0 heterocycles. The summed E-state index contributed by atoms with van der Waals surface area (Å²) < 4.78 is 0. The van der Waals surface area contributed by atoms with Crippen LogP contribution < -0.4 is 10.6 Å². The predicted molar refractivity (Wildman–Crippen MR) is 80.4 cm³/mol. The number of rotatable bonds is 4. The lowest BCUT2D eigenvalue weighted by Crippen LogP contribution is -2.28. The average Bonchev–Trinajstić information content (AvgIpc) is 2.48. The molecule has 6 nitrogen and oxygen atoms in total. The number of hydrogen-bond acceptors (Lipinski definition) is 3. The molecule has 0 saturated carbocycles. The first-order valence-electron chi connectivity index (χ1n) is 6.09. The Bertz CT molecular complexity index is 662. The van der Waals surface area contributed by atoms with E-state index in [1.807, 2.05) is 30.3 Å². The third-order valence-electron chi connectivity index (χ3n) is 2.70. The molecule has 0 radical (unpaired) electrons. The summed E-state index contributed by atoms with van der Waals surface area (Å²) in [5.74, 6) is 0. The number of anilines is 1. The maximum Gasteiger partial charge on any atom is 0.319 e. The summed E-state index contributed by atoms with van der Waals surface area (Å²) in [5.41, 5.74) is 1.00. The van der Waals surface area contributed by atoms with E-state index in [-0.39, 0.29) is 10.7 Å². The molecule has 0 aliphatic heterocycles. The van der Waals surface area contributed by atoms with Gasteiger partial charge in [-0.2, -0.15) is 0 Å². The van der Waals surface area contributed by atoms with Crippen LogP contribution in [0.3, 0.4) is 0 Å². The van der Waals surface area contributed by atoms with E-state index in [1.165, 1.54) is 18.2 Å². The molecule has 108 valence electrons. The molecule has 0 unspecified atom stereocenters. The first kappa shape index (κ1) is 14.8. The molecule has 2 N–H and O–H groups in total. The summed E-state index contributed by atoms with van der Waals surface area (Å²) in [6.07, 6.45) is 0. The molecule has 21 heavy (non-hydrogen) atoms. The van der Waals surface area contributed by atoms with Gasteiger partial charge in [-0.15, -0.1) is 0 Å². The fourth-order valence-corrected chi connectivity index (χ4v) is 1.87. The first-order valence-corrected chi connectivity index (χ1v) is 6.47. The average molecular weight is 306 g/mol. The lowest BCUT2D eigenvalue weighted by Gasteiger charge is -2.08. The molecule has 0 atom stereocenters. The lowest BCUT2D eigenvalue weighted by molar-refractivity contribution is -0.384. The van der Waals surface area contributed by atoms with Crippen molar-refractivity contribution in [1.29, 1.82) is 0 Å². The standard InChI is InChI=1S/C14H12ClN3O3/c15-12-7-6-11(8-13(12)18(20)21)17-14(19)16-9-10-4-2-1-3-5-10/h1-8H,9H2,(H2,16,17,19). The van der Waals surface area contributed by atoms with Gasteiger partial charge in [-0.1, -0.05) is 41.9 Å². The molecular formula is C14H12ClN3O3. The zero-order valence-corrected chi connectivity index (χ0v) is 11.6. The molecule has 0 saturated heterocycles. The van der Waals surface area contributed by atoms with Gasteiger partial charge in [0, 0.05) is 18.3 Å². The number of amides is 2. The summed E-state index contributed by atoms with van der Waals surface area (Å²) in [5, 5.41) is 16.0. The second-order valence-corrected chi connectivity index (χ2v) is 4.62. The quantitative estimate of drug-likeness (QED) is 0.669. The maximum atomic E-state index is 11.7. The van der Waals surface area contributed by atoms with Gasteiger partial charge in [-0.25, -0.2) is 4.79 Å². The van der Waals surface area contributed by atoms with Crippen molar-refractivity contribution in [3.63, 3.8) is 0 Å². The fourth-order valence-electron chi connectivity index (χ4n) is 1.68. The SMILES string of the molecule is O=C(NCc1ccccc1)Nc1ccc(Cl)c([N+](=O)[O-])c1. The molecule has 0 aliphatic rings. The predicted octanol–water partition coefficient (Wildman–Crippen LogP) is 3.57. The van der Waals surface area contributed by atoms with Crippen LogP contribution >= 0.6 is 11.6 Å². The van der Waals surface area contributed by atoms with Crippen LogP contribution in [-0.2, 0) is 6.54 Å². The molecule has 0 fully saturated rings. The summed E-state index contributed by atoms with van der Waals surface area (Å²) in [4.78, 5) is 21.9. The molecule has 0 spiro atoms. The number of halogens is 1. The second-order valence-electron chi connectivity index (χ2n) is 4.22. The summed E-state index contributed by atoms with van der Waals surface area (Å²) in [7, 11) is 0. The third-order valence-corrected chi connectivity index (χ3v) is 3.02. The van der Waals surface area contributed by atoms with E-state index in [2.05, 4.69) is 10.6 Å². The molecule has 0 aromatic heterocycles. The van der Waals surface area contributed by atoms with E-state index >= 15 is 0 Å². The number of urea groups is 1. The number of hydrogen-bond donors (Lipinski definition) is 2. The van der Waals surface area contributed by atoms with E-state index in [1.54, 1.807) is 0 Å². The van der Waals surface area contributed by atoms with Gasteiger partial charge >= 0.3 is 6.03 Å². The van der Waals surface area contributed by atoms with E-state index in [0.717, 1.165) is 5.56 Å². The topological polar surface area (TPSA) is 84.3 Å². The van der Waals surface area contributed by atoms with Gasteiger partial charge in [-0.3, -0.25) is 10.1 Å². The van der Waals surface area contributed by atoms with Crippen LogP contribution in [-0.4, -0.2) is 11.0 Å². The summed E-state index contributed by atoms with van der Waals surface area (Å²) >= 11 is 5.70. The number of carbonyl (C=O) groups excluding carboxylic acids is 1. The smallest absolute Gasteiger partial charge is 0.319 e. The Labute approximate surface area is 125 Å². The van der Waals surface area contributed by atoms with Crippen LogP contribution in [0, 0.1) is 10.1 Å². The Balaban J connectivity index is 1.97. The highest BCUT2D eigenvalue weighted by molar-refractivity contribution is 6.32. The van der Waals surface area contributed by atoms with Crippen molar-refractivity contribution in [3.05, 3.63) is 69.2 Å². The van der Waals surface area contributed by atoms with Crippen molar-refractivity contribution < 1.29 is 9.72 Å². The van der Waals surface area contributed by atoms with Crippen LogP contribution in [0.4, 0.5) is 16.2 Å². The Hall–Kier alpha value is -2.60. The highest BCUT2D eigenvalue weighted by Gasteiger charge is 2.13. The number of benzene rings is 2. The molecular weight excluding hydrogens is 294 g/mol. The Morgan fingerprint density at radius 1 is 1.19 bits per heavy atom. The minimum absolute atomic E-state index is 0.0234. The number of nitrogens with one attached hydrogen (secondary N) is 2. The number of nitro benzene ring substituents is 1. The Morgan fingerprint density at radius 3 is 2.57 bits per heavy atom. The van der Waals surface area contributed by atoms with Gasteiger partial charge in [0.15, 0.2) is 0 Å². The van der Waals surface area contributed by atoms with Crippen molar-refractivity contribution in [2.24, 2.45) is 0 Å². The van der Waals surface area contributed by atoms with E-state index in [0.29, 0.717) is 12.2 Å². The van der Waals surface area contributed by atoms with Crippen LogP contribution in [0.5, 0.6) is 0 Å². The van der Waals surface area contributed by atoms with Crippen molar-refractivity contribution in [3.8, 4) is 0 Å². The maximum absolute atomic E-state index is 11.7. The number of nitrogens with zero attached hydrogens (tertiary/aromatic N) is 1. The normalized spacial score (nSPS) is 9.95. The van der Waals surface area contributed by atoms with Crippen LogP contribution in [0.25, 0.3) is 0 Å². The molecule has 2 amide bonds. The molecule has 2 rings (SSSR count). The van der Waals surface area contributed by atoms with Gasteiger partial charge < -0.3 is 10.6 Å². The van der Waals surface area contributed by atoms with Crippen LogP contribution in [0.15, 0.2) is 48.5 Å². The second kappa shape index (κ2) is 6.71. The zero-order chi connectivity index (χ0) is 15.2. The molecule has 2 aromatic carbocycles. The highest BCUT2D eigenvalue weighted by atomic mass is 35.5. The van der Waals surface area contributed by atoms with E-state index in [9.17, 15) is 14.9 Å². The monoisotopic (exact) mass is 305 g/mol. The van der Waals surface area contributed by atoms with E-state index < -0.39 is 11.0 Å². The van der Waals surface area contributed by atoms with Crippen LogP contribution in [0.2, 0.25) is 5.02 Å². The van der Waals surface area contributed by atoms with Crippen molar-refractivity contribution in [1.82, 2.24) is 5.32 Å². The highest BCUT2D eigenvalue weighted by Crippen LogP contribution is 2.27. The van der Waals surface area contributed by atoms with Crippen molar-refractivity contribution >= 4 is 29.0 Å². The van der Waals surface area contributed by atoms with Gasteiger partial charge in [0.25, 0.3) is 5.69 Å². The van der Waals surface area contributed by atoms with Crippen molar-refractivity contribution in [2.75, 3.05) is 5.32 Å². The summed E-state index contributed by atoms with van der Waals surface area (Å²) in [6, 6.07) is 13.0. The van der Waals surface area contributed by atoms with E-state index in [4.69, 9.17) is 11.6 Å². The Morgan fingerprint density at radius 2 is 1.90 bits per heavy atom. The van der Waals surface area contributed by atoms with Gasteiger partial charge in [0.2, 0.25) is 0 Å². The zero-order valence-electron chi connectivity index (χ0n) is 10.9. The van der Waals surface area contributed by atoms with Gasteiger partial charge in [0.1, 0.15) is 5.02 Å². The van der Waals surface area contributed by atoms with Gasteiger partial charge in [0.05, 0.1) is 4.92 Å². The lowest BCUT2D eigenvalue weighted by atomic mass is 10.2. The number of nitro groups is 1. The number of carbonyl (C=O) groups is 1. The molecule has 0 bridgehead atoms. The molecule has 0 aliphatic carbocycles. The minimum Gasteiger partial charge on any atom is -0.334 e. The van der Waals surface area contributed by atoms with Gasteiger partial charge in [-0.05, 0) is 17.7 Å². The first-order chi connectivity index (χ1) is 10.1. The minimum atomic E-state index is -0.602. The Kier molecular flexibility index (Phi) is 4.73. The van der Waals surface area contributed by atoms with Crippen molar-refractivity contribution in [2.45, 2.75) is 6.54 Å². The largest absolute Gasteiger partial charge is 0.334 e. The fraction of sp³-hybridized carbons (Fsp3) is 0.0714. The third kappa shape index (κ3) is 4.19. The summed E-state index contributed by atoms with van der Waals surface area (Å²) in [6.45, 7) is 0.363.